The molecule has 2 aliphatic rings. The zero-order chi connectivity index (χ0) is 18.7. The summed E-state index contributed by atoms with van der Waals surface area (Å²) in [6.07, 6.45) is -6.76. The molecule has 0 aromatic carbocycles. The predicted octanol–water partition coefficient (Wildman–Crippen LogP) is -2.18. The van der Waals surface area contributed by atoms with Crippen molar-refractivity contribution >= 4 is 0 Å². The SMILES string of the molecule is CNC1[C@H](O[C@H]2C(O)C([NH-])[C@@H](OC)O[C@@H]2CO)OC(CO)[C@H](C)[C@@H]1O.[Y]. The van der Waals surface area contributed by atoms with Gasteiger partial charge in [0.15, 0.2) is 6.29 Å². The number of nitrogens with one attached hydrogen (secondary N) is 2. The van der Waals surface area contributed by atoms with Crippen molar-refractivity contribution in [1.82, 2.24) is 5.32 Å². The van der Waals surface area contributed by atoms with Crippen LogP contribution in [0.15, 0.2) is 0 Å². The second kappa shape index (κ2) is 11.0. The zero-order valence-corrected chi connectivity index (χ0v) is 18.0. The van der Waals surface area contributed by atoms with Gasteiger partial charge in [0.2, 0.25) is 0 Å². The van der Waals surface area contributed by atoms with Gasteiger partial charge in [-0.2, -0.15) is 0 Å². The summed E-state index contributed by atoms with van der Waals surface area (Å²) in [6.45, 7) is 1.01. The van der Waals surface area contributed by atoms with Crippen LogP contribution in [0, 0.1) is 5.92 Å². The number of methoxy groups -OCH3 is 1. The van der Waals surface area contributed by atoms with E-state index in [1.54, 1.807) is 14.0 Å². The molecule has 0 aliphatic carbocycles. The first kappa shape index (κ1) is 24.7. The fraction of sp³-hybridized carbons (Fsp3) is 1.00. The predicted molar refractivity (Wildman–Crippen MR) is 85.5 cm³/mol. The Hall–Kier alpha value is 0.704. The first-order chi connectivity index (χ1) is 11.9. The van der Waals surface area contributed by atoms with Crippen LogP contribution in [-0.4, -0.2) is 103 Å². The third-order valence-electron chi connectivity index (χ3n) is 4.99. The van der Waals surface area contributed by atoms with Gasteiger partial charge in [0, 0.05) is 45.7 Å². The topological polar surface area (TPSA) is 154 Å². The molecule has 0 spiro atoms. The summed E-state index contributed by atoms with van der Waals surface area (Å²) in [5, 5.41) is 42.7. The molecule has 151 valence electrons. The molecule has 1 radical (unpaired) electrons. The smallest absolute Gasteiger partial charge is 0.176 e. The van der Waals surface area contributed by atoms with Gasteiger partial charge in [-0.25, -0.2) is 0 Å². The standard InChI is InChI=1S/C15H29N2O8.Y/c1-6-7(4-18)23-15(10(17-2)11(6)20)25-13-8(5-19)24-14(22-3)9(16)12(13)21;/h6-21H,4-5H2,1-3H3;/q-1;/t6-,7?,8+,9?,10?,11-,12?,13+,14-,15-;/m0./s1. The Morgan fingerprint density at radius 2 is 1.62 bits per heavy atom. The number of aliphatic hydroxyl groups is 4. The maximum atomic E-state index is 10.4. The number of rotatable bonds is 6. The number of ether oxygens (including phenoxy) is 4. The van der Waals surface area contributed by atoms with Crippen molar-refractivity contribution in [2.24, 2.45) is 5.92 Å². The minimum atomic E-state index is -1.29. The fourth-order valence-corrected chi connectivity index (χ4v) is 3.31. The maximum absolute atomic E-state index is 10.4. The van der Waals surface area contributed by atoms with Crippen LogP contribution in [0.2, 0.25) is 0 Å². The molecule has 2 aliphatic heterocycles. The molecule has 0 aromatic rings. The molecule has 2 rings (SSSR count). The normalized spacial score (nSPS) is 46.6. The summed E-state index contributed by atoms with van der Waals surface area (Å²) in [4.78, 5) is 0. The first-order valence-electron chi connectivity index (χ1n) is 8.34. The van der Waals surface area contributed by atoms with Gasteiger partial charge in [0.25, 0.3) is 0 Å². The molecule has 10 nitrogen and oxygen atoms in total. The Balaban J connectivity index is 0.00000338. The minimum Gasteiger partial charge on any atom is -0.668 e. The minimum absolute atomic E-state index is 0. The largest absolute Gasteiger partial charge is 0.668 e. The number of aliphatic hydroxyl groups excluding tert-OH is 4. The molecule has 2 heterocycles. The van der Waals surface area contributed by atoms with E-state index in [1.165, 1.54) is 7.11 Å². The van der Waals surface area contributed by atoms with E-state index in [4.69, 9.17) is 24.7 Å². The Bertz CT molecular complexity index is 421. The van der Waals surface area contributed by atoms with Gasteiger partial charge in [0.05, 0.1) is 37.6 Å². The maximum Gasteiger partial charge on any atom is 0.176 e. The first-order valence-corrected chi connectivity index (χ1v) is 8.34. The summed E-state index contributed by atoms with van der Waals surface area (Å²) < 4.78 is 22.0. The van der Waals surface area contributed by atoms with E-state index in [9.17, 15) is 20.4 Å². The zero-order valence-electron chi connectivity index (χ0n) is 15.2. The van der Waals surface area contributed by atoms with Crippen molar-refractivity contribution < 1.29 is 72.1 Å². The molecular weight excluding hydrogens is 425 g/mol. The summed E-state index contributed by atoms with van der Waals surface area (Å²) in [5.74, 6) is -0.328. The molecule has 0 aromatic heterocycles. The summed E-state index contributed by atoms with van der Waals surface area (Å²) in [5.41, 5.74) is 7.98. The van der Waals surface area contributed by atoms with Crippen molar-refractivity contribution in [3.63, 3.8) is 0 Å². The molecule has 6 N–H and O–H groups in total. The van der Waals surface area contributed by atoms with E-state index in [1.807, 2.05) is 0 Å². The van der Waals surface area contributed by atoms with Crippen molar-refractivity contribution in [1.29, 1.82) is 0 Å². The van der Waals surface area contributed by atoms with Crippen molar-refractivity contribution in [2.45, 2.75) is 62.1 Å². The van der Waals surface area contributed by atoms with Crippen molar-refractivity contribution in [3.05, 3.63) is 5.73 Å². The van der Waals surface area contributed by atoms with E-state index in [0.717, 1.165) is 0 Å². The average molecular weight is 454 g/mol. The Kier molecular flexibility index (Phi) is 10.5. The molecule has 2 fully saturated rings. The fourth-order valence-electron chi connectivity index (χ4n) is 3.31. The van der Waals surface area contributed by atoms with Gasteiger partial charge >= 0.3 is 0 Å². The van der Waals surface area contributed by atoms with Crippen LogP contribution in [0.1, 0.15) is 6.92 Å². The molecule has 0 bridgehead atoms. The monoisotopic (exact) mass is 454 g/mol. The van der Waals surface area contributed by atoms with Crippen LogP contribution < -0.4 is 5.32 Å². The van der Waals surface area contributed by atoms with Crippen LogP contribution in [0.3, 0.4) is 0 Å². The molecular formula is C15H29N2O8Y-. The Morgan fingerprint density at radius 3 is 2.12 bits per heavy atom. The molecule has 4 unspecified atom stereocenters. The van der Waals surface area contributed by atoms with Crippen molar-refractivity contribution in [2.75, 3.05) is 27.4 Å². The number of hydrogen-bond donors (Lipinski definition) is 5. The van der Waals surface area contributed by atoms with Gasteiger partial charge in [-0.15, -0.1) is 0 Å². The second-order valence-corrected chi connectivity index (χ2v) is 6.47. The van der Waals surface area contributed by atoms with E-state index in [0.29, 0.717) is 0 Å². The van der Waals surface area contributed by atoms with Crippen LogP contribution in [-0.2, 0) is 51.7 Å². The molecule has 2 saturated heterocycles. The second-order valence-electron chi connectivity index (χ2n) is 6.47. The number of hydrogen-bond acceptors (Lipinski definition) is 9. The van der Waals surface area contributed by atoms with Crippen LogP contribution in [0.4, 0.5) is 0 Å². The van der Waals surface area contributed by atoms with Gasteiger partial charge in [-0.05, 0) is 7.05 Å². The van der Waals surface area contributed by atoms with Crippen LogP contribution >= 0.6 is 0 Å². The van der Waals surface area contributed by atoms with E-state index in [2.05, 4.69) is 5.32 Å². The number of likely N-dealkylation sites (N-methyl/N-ethyl adjacent to an activating group) is 1. The van der Waals surface area contributed by atoms with E-state index < -0.39 is 61.8 Å². The summed E-state index contributed by atoms with van der Waals surface area (Å²) >= 11 is 0. The molecule has 11 heteroatoms. The Labute approximate surface area is 178 Å². The van der Waals surface area contributed by atoms with Gasteiger partial charge < -0.3 is 50.4 Å². The van der Waals surface area contributed by atoms with E-state index in [-0.39, 0.29) is 45.2 Å². The Morgan fingerprint density at radius 1 is 1.04 bits per heavy atom. The van der Waals surface area contributed by atoms with Crippen molar-refractivity contribution in [3.8, 4) is 0 Å². The average Bonchev–Trinajstić information content (AvgIpc) is 2.62. The molecule has 0 amide bonds. The van der Waals surface area contributed by atoms with E-state index >= 15 is 0 Å². The van der Waals surface area contributed by atoms with Gasteiger partial charge in [-0.3, -0.25) is 0 Å². The van der Waals surface area contributed by atoms with Crippen LogP contribution in [0.25, 0.3) is 5.73 Å². The molecule has 0 saturated carbocycles. The molecule has 26 heavy (non-hydrogen) atoms. The third-order valence-corrected chi connectivity index (χ3v) is 4.99. The quantitative estimate of drug-likeness (QED) is 0.301. The third kappa shape index (κ3) is 5.00. The van der Waals surface area contributed by atoms with Crippen LogP contribution in [0.5, 0.6) is 0 Å². The molecule has 10 atom stereocenters. The summed E-state index contributed by atoms with van der Waals surface area (Å²) in [6, 6.07) is -1.75. The van der Waals surface area contributed by atoms with Gasteiger partial charge in [-0.1, -0.05) is 13.0 Å². The summed E-state index contributed by atoms with van der Waals surface area (Å²) in [7, 11) is 2.98. The van der Waals surface area contributed by atoms with Gasteiger partial charge in [0.1, 0.15) is 18.5 Å².